The molecule has 0 unspecified atom stereocenters. The van der Waals surface area contributed by atoms with Crippen LogP contribution in [0.3, 0.4) is 0 Å². The highest BCUT2D eigenvalue weighted by molar-refractivity contribution is 5.31. The number of nitrogens with zero attached hydrogens (tertiary/aromatic N) is 3. The van der Waals surface area contributed by atoms with E-state index in [2.05, 4.69) is 34.0 Å². The smallest absolute Gasteiger partial charge is 0.225 e. The molecule has 0 aliphatic carbocycles. The number of nitrogens with one attached hydrogen (secondary N) is 1. The predicted octanol–water partition coefficient (Wildman–Crippen LogP) is 1.40. The molecule has 0 amide bonds. The molecule has 1 aromatic heterocycles. The normalized spacial score (nSPS) is 17.6. The number of hydrogen-bond donors (Lipinski definition) is 1. The van der Waals surface area contributed by atoms with E-state index in [1.165, 1.54) is 0 Å². The second-order valence-corrected chi connectivity index (χ2v) is 4.53. The fraction of sp³-hybridized carbons (Fsp3) is 0.667. The van der Waals surface area contributed by atoms with Crippen molar-refractivity contribution in [1.29, 1.82) is 0 Å². The van der Waals surface area contributed by atoms with E-state index in [1.807, 2.05) is 12.3 Å². The predicted molar refractivity (Wildman–Crippen MR) is 65.8 cm³/mol. The molecule has 88 valence electrons. The Morgan fingerprint density at radius 2 is 2.19 bits per heavy atom. The third kappa shape index (κ3) is 2.70. The van der Waals surface area contributed by atoms with Crippen LogP contribution in [0.1, 0.15) is 31.9 Å². The molecule has 2 heterocycles. The summed E-state index contributed by atoms with van der Waals surface area (Å²) in [5.41, 5.74) is 1.13. The van der Waals surface area contributed by atoms with E-state index in [4.69, 9.17) is 0 Å². The molecule has 1 aromatic rings. The highest BCUT2D eigenvalue weighted by atomic mass is 15.3. The first kappa shape index (κ1) is 11.3. The summed E-state index contributed by atoms with van der Waals surface area (Å²) in [4.78, 5) is 11.3. The molecule has 1 saturated heterocycles. The number of aromatic nitrogens is 2. The molecule has 4 nitrogen and oxygen atoms in total. The summed E-state index contributed by atoms with van der Waals surface area (Å²) < 4.78 is 0. The van der Waals surface area contributed by atoms with Gasteiger partial charge in [-0.05, 0) is 24.9 Å². The SMILES string of the molecule is CC(C)c1ccnc(N2CCCNCC2)n1. The van der Waals surface area contributed by atoms with Gasteiger partial charge in [-0.25, -0.2) is 9.97 Å². The van der Waals surface area contributed by atoms with E-state index >= 15 is 0 Å². The first-order chi connectivity index (χ1) is 7.77. The summed E-state index contributed by atoms with van der Waals surface area (Å²) >= 11 is 0. The van der Waals surface area contributed by atoms with Crippen molar-refractivity contribution in [1.82, 2.24) is 15.3 Å². The second kappa shape index (κ2) is 5.25. The first-order valence-electron chi connectivity index (χ1n) is 6.06. The zero-order chi connectivity index (χ0) is 11.4. The van der Waals surface area contributed by atoms with Gasteiger partial charge in [-0.15, -0.1) is 0 Å². The molecule has 0 spiro atoms. The van der Waals surface area contributed by atoms with Crippen LogP contribution in [-0.2, 0) is 0 Å². The molecule has 2 rings (SSSR count). The lowest BCUT2D eigenvalue weighted by Crippen LogP contribution is -2.29. The van der Waals surface area contributed by atoms with Gasteiger partial charge in [0.05, 0.1) is 0 Å². The van der Waals surface area contributed by atoms with Gasteiger partial charge >= 0.3 is 0 Å². The molecule has 0 radical (unpaired) electrons. The van der Waals surface area contributed by atoms with Crippen LogP contribution in [0.25, 0.3) is 0 Å². The maximum Gasteiger partial charge on any atom is 0.225 e. The minimum Gasteiger partial charge on any atom is -0.339 e. The Labute approximate surface area is 97.1 Å². The number of rotatable bonds is 2. The van der Waals surface area contributed by atoms with Crippen molar-refractivity contribution in [3.05, 3.63) is 18.0 Å². The maximum atomic E-state index is 4.62. The molecule has 0 saturated carbocycles. The Bertz CT molecular complexity index is 330. The molecular formula is C12H20N4. The summed E-state index contributed by atoms with van der Waals surface area (Å²) in [7, 11) is 0. The zero-order valence-electron chi connectivity index (χ0n) is 10.1. The minimum atomic E-state index is 0.465. The highest BCUT2D eigenvalue weighted by Crippen LogP contribution is 2.15. The van der Waals surface area contributed by atoms with Crippen molar-refractivity contribution < 1.29 is 0 Å². The monoisotopic (exact) mass is 220 g/mol. The van der Waals surface area contributed by atoms with Crippen LogP contribution in [-0.4, -0.2) is 36.1 Å². The van der Waals surface area contributed by atoms with Crippen LogP contribution >= 0.6 is 0 Å². The Kier molecular flexibility index (Phi) is 3.72. The van der Waals surface area contributed by atoms with Crippen LogP contribution in [0.4, 0.5) is 5.95 Å². The van der Waals surface area contributed by atoms with E-state index < -0.39 is 0 Å². The first-order valence-corrected chi connectivity index (χ1v) is 6.06. The van der Waals surface area contributed by atoms with Crippen molar-refractivity contribution in [3.8, 4) is 0 Å². The van der Waals surface area contributed by atoms with E-state index in [1.54, 1.807) is 0 Å². The van der Waals surface area contributed by atoms with Crippen molar-refractivity contribution in [2.45, 2.75) is 26.2 Å². The van der Waals surface area contributed by atoms with Crippen LogP contribution < -0.4 is 10.2 Å². The lowest BCUT2D eigenvalue weighted by Gasteiger charge is -2.20. The summed E-state index contributed by atoms with van der Waals surface area (Å²) in [6.07, 6.45) is 3.03. The van der Waals surface area contributed by atoms with Gasteiger partial charge in [0.25, 0.3) is 0 Å². The van der Waals surface area contributed by atoms with Crippen LogP contribution in [0.5, 0.6) is 0 Å². The molecule has 1 fully saturated rings. The minimum absolute atomic E-state index is 0.465. The average molecular weight is 220 g/mol. The highest BCUT2D eigenvalue weighted by Gasteiger charge is 2.12. The van der Waals surface area contributed by atoms with Gasteiger partial charge in [0, 0.05) is 31.5 Å². The summed E-state index contributed by atoms with van der Waals surface area (Å²) in [6, 6.07) is 2.00. The van der Waals surface area contributed by atoms with Crippen molar-refractivity contribution in [2.24, 2.45) is 0 Å². The molecular weight excluding hydrogens is 200 g/mol. The molecule has 4 heteroatoms. The van der Waals surface area contributed by atoms with Crippen LogP contribution in [0.15, 0.2) is 12.3 Å². The fourth-order valence-electron chi connectivity index (χ4n) is 1.88. The van der Waals surface area contributed by atoms with Gasteiger partial charge in [-0.1, -0.05) is 13.8 Å². The summed E-state index contributed by atoms with van der Waals surface area (Å²) in [5, 5.41) is 3.39. The summed E-state index contributed by atoms with van der Waals surface area (Å²) in [6.45, 7) is 8.50. The average Bonchev–Trinajstić information content (AvgIpc) is 2.57. The Balaban J connectivity index is 2.15. The van der Waals surface area contributed by atoms with E-state index in [-0.39, 0.29) is 0 Å². The van der Waals surface area contributed by atoms with Crippen molar-refractivity contribution >= 4 is 5.95 Å². The number of anilines is 1. The fourth-order valence-corrected chi connectivity index (χ4v) is 1.88. The van der Waals surface area contributed by atoms with Gasteiger partial charge in [-0.2, -0.15) is 0 Å². The van der Waals surface area contributed by atoms with Gasteiger partial charge in [0.15, 0.2) is 0 Å². The van der Waals surface area contributed by atoms with E-state index in [0.717, 1.165) is 44.2 Å². The molecule has 1 N–H and O–H groups in total. The molecule has 1 aliphatic rings. The lowest BCUT2D eigenvalue weighted by molar-refractivity contribution is 0.724. The number of hydrogen-bond acceptors (Lipinski definition) is 4. The third-order valence-electron chi connectivity index (χ3n) is 2.88. The molecule has 16 heavy (non-hydrogen) atoms. The Hall–Kier alpha value is -1.16. The van der Waals surface area contributed by atoms with Crippen LogP contribution in [0, 0.1) is 0 Å². The van der Waals surface area contributed by atoms with Gasteiger partial charge in [0.1, 0.15) is 0 Å². The van der Waals surface area contributed by atoms with E-state index in [9.17, 15) is 0 Å². The largest absolute Gasteiger partial charge is 0.339 e. The topological polar surface area (TPSA) is 41.1 Å². The van der Waals surface area contributed by atoms with Crippen LogP contribution in [0.2, 0.25) is 0 Å². The van der Waals surface area contributed by atoms with Crippen molar-refractivity contribution in [2.75, 3.05) is 31.1 Å². The van der Waals surface area contributed by atoms with E-state index in [0.29, 0.717) is 5.92 Å². The molecule has 1 aliphatic heterocycles. The molecule has 0 atom stereocenters. The third-order valence-corrected chi connectivity index (χ3v) is 2.88. The maximum absolute atomic E-state index is 4.62. The molecule has 0 aromatic carbocycles. The summed E-state index contributed by atoms with van der Waals surface area (Å²) in [5.74, 6) is 1.35. The quantitative estimate of drug-likeness (QED) is 0.818. The Morgan fingerprint density at radius 3 is 3.00 bits per heavy atom. The second-order valence-electron chi connectivity index (χ2n) is 4.53. The molecule has 0 bridgehead atoms. The van der Waals surface area contributed by atoms with Gasteiger partial charge in [-0.3, -0.25) is 0 Å². The van der Waals surface area contributed by atoms with Crippen molar-refractivity contribution in [3.63, 3.8) is 0 Å². The zero-order valence-corrected chi connectivity index (χ0v) is 10.1. The lowest BCUT2D eigenvalue weighted by atomic mass is 10.1. The standard InChI is InChI=1S/C12H20N4/c1-10(2)11-4-6-14-12(15-11)16-8-3-5-13-7-9-16/h4,6,10,13H,3,5,7-9H2,1-2H3. The van der Waals surface area contributed by atoms with Gasteiger partial charge in [0.2, 0.25) is 5.95 Å². The van der Waals surface area contributed by atoms with Gasteiger partial charge < -0.3 is 10.2 Å². The Morgan fingerprint density at radius 1 is 1.31 bits per heavy atom.